The standard InChI is InChI=1S/C14H20N4O2S/c1-3-12(11-7-5-4-6-8-11)18-21(19,20)14-10(2)16-17-13(14)9-15/h4-8,12,18H,3,9,15H2,1-2H3,(H,16,17). The van der Waals surface area contributed by atoms with Gasteiger partial charge in [0.1, 0.15) is 4.90 Å². The van der Waals surface area contributed by atoms with Gasteiger partial charge in [0.05, 0.1) is 11.4 Å². The van der Waals surface area contributed by atoms with Gasteiger partial charge in [-0.25, -0.2) is 13.1 Å². The molecule has 0 spiro atoms. The van der Waals surface area contributed by atoms with Crippen LogP contribution in [-0.2, 0) is 16.6 Å². The molecule has 2 aromatic rings. The minimum Gasteiger partial charge on any atom is -0.325 e. The highest BCUT2D eigenvalue weighted by Gasteiger charge is 2.26. The fourth-order valence-electron chi connectivity index (χ4n) is 2.28. The van der Waals surface area contributed by atoms with Crippen LogP contribution in [-0.4, -0.2) is 18.6 Å². The lowest BCUT2D eigenvalue weighted by Crippen LogP contribution is -2.29. The van der Waals surface area contributed by atoms with Crippen LogP contribution in [0.2, 0.25) is 0 Å². The molecule has 0 amide bonds. The Hall–Kier alpha value is -1.70. The van der Waals surface area contributed by atoms with Gasteiger partial charge in [-0.1, -0.05) is 37.3 Å². The van der Waals surface area contributed by atoms with Crippen LogP contribution in [0.3, 0.4) is 0 Å². The van der Waals surface area contributed by atoms with Gasteiger partial charge < -0.3 is 5.73 Å². The molecular weight excluding hydrogens is 288 g/mol. The van der Waals surface area contributed by atoms with Crippen molar-refractivity contribution in [3.05, 3.63) is 47.3 Å². The number of aromatic amines is 1. The van der Waals surface area contributed by atoms with Crippen LogP contribution in [0.25, 0.3) is 0 Å². The zero-order valence-corrected chi connectivity index (χ0v) is 12.9. The smallest absolute Gasteiger partial charge is 0.244 e. The molecule has 0 aliphatic carbocycles. The van der Waals surface area contributed by atoms with Crippen molar-refractivity contribution in [1.29, 1.82) is 0 Å². The highest BCUT2D eigenvalue weighted by molar-refractivity contribution is 7.89. The maximum atomic E-state index is 12.6. The first-order valence-corrected chi connectivity index (χ1v) is 8.29. The molecule has 21 heavy (non-hydrogen) atoms. The predicted octanol–water partition coefficient (Wildman–Crippen LogP) is 1.61. The first-order valence-electron chi connectivity index (χ1n) is 6.80. The molecule has 1 unspecified atom stereocenters. The molecular formula is C14H20N4O2S. The number of nitrogens with two attached hydrogens (primary N) is 1. The monoisotopic (exact) mass is 308 g/mol. The van der Waals surface area contributed by atoms with Crippen molar-refractivity contribution in [2.45, 2.75) is 37.8 Å². The molecule has 0 fully saturated rings. The molecule has 114 valence electrons. The molecule has 1 aromatic heterocycles. The molecule has 0 saturated heterocycles. The lowest BCUT2D eigenvalue weighted by atomic mass is 10.1. The fraction of sp³-hybridized carbons (Fsp3) is 0.357. The van der Waals surface area contributed by atoms with Gasteiger partial charge in [-0.05, 0) is 18.9 Å². The van der Waals surface area contributed by atoms with E-state index < -0.39 is 10.0 Å². The second-order valence-corrected chi connectivity index (χ2v) is 6.47. The van der Waals surface area contributed by atoms with Crippen LogP contribution < -0.4 is 10.5 Å². The van der Waals surface area contributed by atoms with E-state index in [0.717, 1.165) is 5.56 Å². The number of hydrogen-bond acceptors (Lipinski definition) is 4. The van der Waals surface area contributed by atoms with E-state index in [1.807, 2.05) is 37.3 Å². The Bertz CT molecular complexity index is 695. The van der Waals surface area contributed by atoms with E-state index in [1.54, 1.807) is 6.92 Å². The third kappa shape index (κ3) is 3.31. The summed E-state index contributed by atoms with van der Waals surface area (Å²) in [7, 11) is -3.67. The van der Waals surface area contributed by atoms with Crippen LogP contribution in [0.4, 0.5) is 0 Å². The Labute approximate surface area is 124 Å². The molecule has 0 saturated carbocycles. The third-order valence-electron chi connectivity index (χ3n) is 3.33. The Balaban J connectivity index is 2.34. The van der Waals surface area contributed by atoms with Crippen LogP contribution in [0.5, 0.6) is 0 Å². The molecule has 2 rings (SSSR count). The fourth-order valence-corrected chi connectivity index (χ4v) is 3.97. The molecule has 1 heterocycles. The van der Waals surface area contributed by atoms with E-state index in [9.17, 15) is 8.42 Å². The Morgan fingerprint density at radius 1 is 1.33 bits per heavy atom. The van der Waals surface area contributed by atoms with E-state index in [-0.39, 0.29) is 17.5 Å². The van der Waals surface area contributed by atoms with Crippen LogP contribution in [0, 0.1) is 6.92 Å². The Kier molecular flexibility index (Phi) is 4.76. The van der Waals surface area contributed by atoms with Gasteiger partial charge >= 0.3 is 0 Å². The summed E-state index contributed by atoms with van der Waals surface area (Å²) in [6, 6.07) is 9.21. The molecule has 1 aromatic carbocycles. The Morgan fingerprint density at radius 2 is 2.00 bits per heavy atom. The number of benzene rings is 1. The summed E-state index contributed by atoms with van der Waals surface area (Å²) in [5.74, 6) is 0. The van der Waals surface area contributed by atoms with Gasteiger partial charge in [-0.2, -0.15) is 5.10 Å². The largest absolute Gasteiger partial charge is 0.325 e. The van der Waals surface area contributed by atoms with Crippen LogP contribution in [0.15, 0.2) is 35.2 Å². The van der Waals surface area contributed by atoms with Gasteiger partial charge in [0.2, 0.25) is 10.0 Å². The highest BCUT2D eigenvalue weighted by atomic mass is 32.2. The van der Waals surface area contributed by atoms with Crippen molar-refractivity contribution < 1.29 is 8.42 Å². The van der Waals surface area contributed by atoms with Crippen LogP contribution in [0.1, 0.15) is 36.3 Å². The molecule has 0 bridgehead atoms. The summed E-state index contributed by atoms with van der Waals surface area (Å²) < 4.78 is 28.0. The average Bonchev–Trinajstić information content (AvgIpc) is 2.87. The third-order valence-corrected chi connectivity index (χ3v) is 5.01. The summed E-state index contributed by atoms with van der Waals surface area (Å²) >= 11 is 0. The minimum atomic E-state index is -3.67. The Morgan fingerprint density at radius 3 is 2.57 bits per heavy atom. The van der Waals surface area contributed by atoms with E-state index >= 15 is 0 Å². The lowest BCUT2D eigenvalue weighted by molar-refractivity contribution is 0.548. The van der Waals surface area contributed by atoms with E-state index in [1.165, 1.54) is 0 Å². The maximum Gasteiger partial charge on any atom is 0.244 e. The van der Waals surface area contributed by atoms with Gasteiger partial charge in [0.25, 0.3) is 0 Å². The number of nitrogens with zero attached hydrogens (tertiary/aromatic N) is 1. The number of nitrogens with one attached hydrogen (secondary N) is 2. The summed E-state index contributed by atoms with van der Waals surface area (Å²) in [4.78, 5) is 0.152. The van der Waals surface area contributed by atoms with Crippen molar-refractivity contribution in [3.8, 4) is 0 Å². The molecule has 6 nitrogen and oxygen atoms in total. The SMILES string of the molecule is CCC(NS(=O)(=O)c1c(CN)n[nH]c1C)c1ccccc1. The summed E-state index contributed by atoms with van der Waals surface area (Å²) in [6.45, 7) is 3.68. The quantitative estimate of drug-likeness (QED) is 0.754. The number of sulfonamides is 1. The zero-order valence-electron chi connectivity index (χ0n) is 12.1. The molecule has 0 aliphatic rings. The average molecular weight is 308 g/mol. The van der Waals surface area contributed by atoms with Gasteiger partial charge in [0.15, 0.2) is 0 Å². The predicted molar refractivity (Wildman–Crippen MR) is 81.0 cm³/mol. The summed E-state index contributed by atoms with van der Waals surface area (Å²) in [5.41, 5.74) is 7.33. The van der Waals surface area contributed by atoms with Crippen molar-refractivity contribution in [2.75, 3.05) is 0 Å². The van der Waals surface area contributed by atoms with E-state index in [4.69, 9.17) is 5.73 Å². The summed E-state index contributed by atoms with van der Waals surface area (Å²) in [5, 5.41) is 6.61. The molecule has 0 aliphatic heterocycles. The van der Waals surface area contributed by atoms with Gasteiger partial charge in [0, 0.05) is 12.6 Å². The van der Waals surface area contributed by atoms with Crippen molar-refractivity contribution in [3.63, 3.8) is 0 Å². The van der Waals surface area contributed by atoms with E-state index in [2.05, 4.69) is 14.9 Å². The molecule has 1 atom stereocenters. The second kappa shape index (κ2) is 6.38. The second-order valence-electron chi connectivity index (χ2n) is 4.82. The number of rotatable bonds is 6. The zero-order chi connectivity index (χ0) is 15.5. The number of H-pyrrole nitrogens is 1. The first-order chi connectivity index (χ1) is 9.99. The number of aryl methyl sites for hydroxylation is 1. The molecule has 7 heteroatoms. The van der Waals surface area contributed by atoms with Gasteiger partial charge in [-0.3, -0.25) is 5.10 Å². The first kappa shape index (κ1) is 15.7. The number of hydrogen-bond donors (Lipinski definition) is 3. The highest BCUT2D eigenvalue weighted by Crippen LogP contribution is 2.22. The normalized spacial score (nSPS) is 13.3. The van der Waals surface area contributed by atoms with E-state index in [0.29, 0.717) is 17.8 Å². The van der Waals surface area contributed by atoms with Crippen molar-refractivity contribution >= 4 is 10.0 Å². The maximum absolute atomic E-state index is 12.6. The molecule has 0 radical (unpaired) electrons. The molecule has 4 N–H and O–H groups in total. The topological polar surface area (TPSA) is 101 Å². The van der Waals surface area contributed by atoms with Crippen molar-refractivity contribution in [2.24, 2.45) is 5.73 Å². The minimum absolute atomic E-state index is 0.0721. The summed E-state index contributed by atoms with van der Waals surface area (Å²) in [6.07, 6.45) is 0.651. The van der Waals surface area contributed by atoms with Crippen LogP contribution >= 0.6 is 0 Å². The van der Waals surface area contributed by atoms with Crippen molar-refractivity contribution in [1.82, 2.24) is 14.9 Å². The lowest BCUT2D eigenvalue weighted by Gasteiger charge is -2.17. The van der Waals surface area contributed by atoms with Gasteiger partial charge in [-0.15, -0.1) is 0 Å². The number of aromatic nitrogens is 2.